The van der Waals surface area contributed by atoms with E-state index in [2.05, 4.69) is 24.1 Å². The highest BCUT2D eigenvalue weighted by molar-refractivity contribution is 5.20. The molecule has 0 bridgehead atoms. The third-order valence-electron chi connectivity index (χ3n) is 2.92. The van der Waals surface area contributed by atoms with Gasteiger partial charge in [-0.15, -0.1) is 0 Å². The fourth-order valence-corrected chi connectivity index (χ4v) is 1.99. The van der Waals surface area contributed by atoms with E-state index in [0.29, 0.717) is 12.1 Å². The molecule has 0 aliphatic rings. The first-order chi connectivity index (χ1) is 8.97. The van der Waals surface area contributed by atoms with Crippen LogP contribution < -0.4 is 5.32 Å². The van der Waals surface area contributed by atoms with E-state index in [1.807, 2.05) is 0 Å². The Bertz CT molecular complexity index is 377. The highest BCUT2D eigenvalue weighted by atomic mass is 19.4. The zero-order valence-corrected chi connectivity index (χ0v) is 11.4. The number of nitrogens with one attached hydrogen (secondary N) is 1. The molecule has 1 unspecified atom stereocenters. The Morgan fingerprint density at radius 1 is 1.26 bits per heavy atom. The molecule has 0 saturated heterocycles. The van der Waals surface area contributed by atoms with Crippen LogP contribution in [-0.4, -0.2) is 17.6 Å². The van der Waals surface area contributed by atoms with Crippen LogP contribution in [0.4, 0.5) is 13.2 Å². The summed E-state index contributed by atoms with van der Waals surface area (Å²) < 4.78 is 37.8. The van der Waals surface area contributed by atoms with Crippen molar-refractivity contribution in [1.82, 2.24) is 10.3 Å². The van der Waals surface area contributed by atoms with E-state index in [-0.39, 0.29) is 6.04 Å². The van der Waals surface area contributed by atoms with Gasteiger partial charge in [-0.3, -0.25) is 4.98 Å². The summed E-state index contributed by atoms with van der Waals surface area (Å²) in [6.07, 6.45) is 0.433. The number of alkyl halides is 3. The summed E-state index contributed by atoms with van der Waals surface area (Å²) in [6.45, 7) is 5.02. The van der Waals surface area contributed by atoms with Crippen molar-refractivity contribution in [2.75, 3.05) is 6.54 Å². The fraction of sp³-hybridized carbons (Fsp3) is 0.643. The molecule has 1 heterocycles. The zero-order chi connectivity index (χ0) is 14.3. The molecule has 0 aliphatic carbocycles. The largest absolute Gasteiger partial charge is 0.416 e. The van der Waals surface area contributed by atoms with Gasteiger partial charge in [0.1, 0.15) is 0 Å². The summed E-state index contributed by atoms with van der Waals surface area (Å²) in [7, 11) is 0. The smallest absolute Gasteiger partial charge is 0.314 e. The van der Waals surface area contributed by atoms with Crippen LogP contribution in [0, 0.1) is 0 Å². The second-order valence-electron chi connectivity index (χ2n) is 4.68. The van der Waals surface area contributed by atoms with Crippen molar-refractivity contribution < 1.29 is 13.2 Å². The number of rotatable bonds is 7. The number of pyridine rings is 1. The third kappa shape index (κ3) is 5.59. The van der Waals surface area contributed by atoms with Crippen LogP contribution in [0.1, 0.15) is 44.4 Å². The number of hydrogen-bond donors (Lipinski definition) is 1. The van der Waals surface area contributed by atoms with Crippen molar-refractivity contribution in [2.24, 2.45) is 0 Å². The molecule has 1 rings (SSSR count). The average molecular weight is 274 g/mol. The number of nitrogens with zero attached hydrogens (tertiary/aromatic N) is 1. The van der Waals surface area contributed by atoms with E-state index >= 15 is 0 Å². The van der Waals surface area contributed by atoms with Gasteiger partial charge < -0.3 is 5.32 Å². The van der Waals surface area contributed by atoms with Gasteiger partial charge in [-0.25, -0.2) is 0 Å². The lowest BCUT2D eigenvalue weighted by atomic mass is 10.0. The third-order valence-corrected chi connectivity index (χ3v) is 2.92. The molecular formula is C14H21F3N2. The van der Waals surface area contributed by atoms with Crippen LogP contribution in [0.2, 0.25) is 0 Å². The summed E-state index contributed by atoms with van der Waals surface area (Å²) in [5, 5.41) is 3.36. The van der Waals surface area contributed by atoms with Crippen molar-refractivity contribution in [3.63, 3.8) is 0 Å². The number of hydrogen-bond acceptors (Lipinski definition) is 2. The predicted octanol–water partition coefficient (Wildman–Crippen LogP) is 3.81. The highest BCUT2D eigenvalue weighted by Gasteiger charge is 2.30. The van der Waals surface area contributed by atoms with Gasteiger partial charge in [0.15, 0.2) is 0 Å². The van der Waals surface area contributed by atoms with Crippen molar-refractivity contribution in [3.8, 4) is 0 Å². The molecule has 0 aromatic carbocycles. The number of halogens is 3. The van der Waals surface area contributed by atoms with Crippen LogP contribution in [0.15, 0.2) is 18.3 Å². The Hall–Kier alpha value is -1.10. The van der Waals surface area contributed by atoms with Gasteiger partial charge in [0.05, 0.1) is 5.56 Å². The molecule has 0 saturated carbocycles. The predicted molar refractivity (Wildman–Crippen MR) is 69.9 cm³/mol. The van der Waals surface area contributed by atoms with Gasteiger partial charge >= 0.3 is 6.18 Å². The molecule has 1 N–H and O–H groups in total. The van der Waals surface area contributed by atoms with Crippen molar-refractivity contribution >= 4 is 0 Å². The molecule has 0 fully saturated rings. The van der Waals surface area contributed by atoms with Crippen molar-refractivity contribution in [2.45, 2.75) is 51.7 Å². The monoisotopic (exact) mass is 274 g/mol. The van der Waals surface area contributed by atoms with Gasteiger partial charge in [-0.1, -0.05) is 20.3 Å². The Morgan fingerprint density at radius 3 is 2.58 bits per heavy atom. The average Bonchev–Trinajstić information content (AvgIpc) is 2.35. The standard InChI is InChI=1S/C14H21F3N2/c1-3-5-12(18-7-4-2)10-13-9-11(6-8-19-13)14(15,16)17/h6,8-9,12,18H,3-5,7,10H2,1-2H3. The minimum Gasteiger partial charge on any atom is -0.314 e. The lowest BCUT2D eigenvalue weighted by Crippen LogP contribution is -2.32. The molecule has 2 nitrogen and oxygen atoms in total. The van der Waals surface area contributed by atoms with Gasteiger partial charge in [0, 0.05) is 24.4 Å². The van der Waals surface area contributed by atoms with Gasteiger partial charge in [0.25, 0.3) is 0 Å². The summed E-state index contributed by atoms with van der Waals surface area (Å²) in [5.41, 5.74) is -0.125. The highest BCUT2D eigenvalue weighted by Crippen LogP contribution is 2.29. The molecule has 5 heteroatoms. The molecule has 0 radical (unpaired) electrons. The van der Waals surface area contributed by atoms with E-state index in [4.69, 9.17) is 0 Å². The first kappa shape index (κ1) is 16.0. The van der Waals surface area contributed by atoms with Crippen molar-refractivity contribution in [3.05, 3.63) is 29.6 Å². The number of aromatic nitrogens is 1. The Labute approximate surface area is 112 Å². The molecule has 1 aromatic heterocycles. The maximum atomic E-state index is 12.6. The zero-order valence-electron chi connectivity index (χ0n) is 11.4. The minimum atomic E-state index is -4.30. The second-order valence-corrected chi connectivity index (χ2v) is 4.68. The normalized spacial score (nSPS) is 13.5. The lowest BCUT2D eigenvalue weighted by Gasteiger charge is -2.18. The van der Waals surface area contributed by atoms with Crippen LogP contribution >= 0.6 is 0 Å². The van der Waals surface area contributed by atoms with Crippen molar-refractivity contribution in [1.29, 1.82) is 0 Å². The maximum absolute atomic E-state index is 12.6. The van der Waals surface area contributed by atoms with Gasteiger partial charge in [-0.2, -0.15) is 13.2 Å². The van der Waals surface area contributed by atoms with Crippen LogP contribution in [0.25, 0.3) is 0 Å². The molecule has 0 aliphatic heterocycles. The topological polar surface area (TPSA) is 24.9 Å². The summed E-state index contributed by atoms with van der Waals surface area (Å²) in [6, 6.07) is 2.36. The SMILES string of the molecule is CCCNC(CCC)Cc1cc(C(F)(F)F)ccn1. The van der Waals surface area contributed by atoms with Crippen LogP contribution in [0.3, 0.4) is 0 Å². The molecule has 0 spiro atoms. The molecule has 19 heavy (non-hydrogen) atoms. The first-order valence-electron chi connectivity index (χ1n) is 6.72. The Kier molecular flexibility index (Phi) is 6.28. The molecule has 0 amide bonds. The van der Waals surface area contributed by atoms with Gasteiger partial charge in [-0.05, 0) is 31.5 Å². The molecular weight excluding hydrogens is 253 g/mol. The quantitative estimate of drug-likeness (QED) is 0.817. The first-order valence-corrected chi connectivity index (χ1v) is 6.72. The fourth-order valence-electron chi connectivity index (χ4n) is 1.99. The summed E-state index contributed by atoms with van der Waals surface area (Å²) in [5.74, 6) is 0. The molecule has 1 aromatic rings. The molecule has 1 atom stereocenters. The Morgan fingerprint density at radius 2 is 2.00 bits per heavy atom. The van der Waals surface area contributed by atoms with Crippen LogP contribution in [0.5, 0.6) is 0 Å². The van der Waals surface area contributed by atoms with E-state index in [1.54, 1.807) is 0 Å². The molecule has 108 valence electrons. The summed E-state index contributed by atoms with van der Waals surface area (Å²) in [4.78, 5) is 4.04. The van der Waals surface area contributed by atoms with E-state index in [1.165, 1.54) is 6.20 Å². The van der Waals surface area contributed by atoms with Gasteiger partial charge in [0.2, 0.25) is 0 Å². The van der Waals surface area contributed by atoms with E-state index < -0.39 is 11.7 Å². The second kappa shape index (κ2) is 7.48. The van der Waals surface area contributed by atoms with E-state index in [0.717, 1.165) is 37.9 Å². The minimum absolute atomic E-state index is 0.195. The maximum Gasteiger partial charge on any atom is 0.416 e. The lowest BCUT2D eigenvalue weighted by molar-refractivity contribution is -0.137. The Balaban J connectivity index is 2.73. The van der Waals surface area contributed by atoms with Crippen LogP contribution in [-0.2, 0) is 12.6 Å². The summed E-state index contributed by atoms with van der Waals surface area (Å²) >= 11 is 0. The van der Waals surface area contributed by atoms with E-state index in [9.17, 15) is 13.2 Å².